The summed E-state index contributed by atoms with van der Waals surface area (Å²) >= 11 is 0. The van der Waals surface area contributed by atoms with Crippen molar-refractivity contribution >= 4 is 0 Å². The molecule has 0 N–H and O–H groups in total. The minimum Gasteiger partial charge on any atom is -0.382 e. The van der Waals surface area contributed by atoms with Crippen LogP contribution in [0.3, 0.4) is 0 Å². The monoisotopic (exact) mass is 190 g/mol. The molecule has 0 atom stereocenters. The number of hydrogen-bond donors (Lipinski definition) is 0. The van der Waals surface area contributed by atoms with Crippen LogP contribution in [0.1, 0.15) is 0 Å². The first-order chi connectivity index (χ1) is 6.51. The molecule has 14 heavy (non-hydrogen) atoms. The summed E-state index contributed by atoms with van der Waals surface area (Å²) in [5.74, 6) is 0. The van der Waals surface area contributed by atoms with Gasteiger partial charge in [-0.3, -0.25) is 0 Å². The molecule has 4 nitrogen and oxygen atoms in total. The van der Waals surface area contributed by atoms with Crippen LogP contribution in [-0.2, 0) is 0 Å². The van der Waals surface area contributed by atoms with E-state index in [0.717, 1.165) is 5.70 Å². The third-order valence-electron chi connectivity index (χ3n) is 1.44. The Hall–Kier alpha value is -1.94. The lowest BCUT2D eigenvalue weighted by Crippen LogP contribution is -2.14. The third-order valence-corrected chi connectivity index (χ3v) is 1.44. The Morgan fingerprint density at radius 2 is 1.57 bits per heavy atom. The van der Waals surface area contributed by atoms with Crippen molar-refractivity contribution in [3.8, 4) is 12.1 Å². The first-order valence-electron chi connectivity index (χ1n) is 4.08. The van der Waals surface area contributed by atoms with Gasteiger partial charge in [-0.15, -0.1) is 0 Å². The molecule has 0 heterocycles. The summed E-state index contributed by atoms with van der Waals surface area (Å²) in [6, 6.07) is 3.65. The number of hydrogen-bond acceptors (Lipinski definition) is 4. The van der Waals surface area contributed by atoms with Crippen molar-refractivity contribution in [1.29, 1.82) is 10.5 Å². The third kappa shape index (κ3) is 4.18. The fourth-order valence-electron chi connectivity index (χ4n) is 0.784. The molecule has 4 heteroatoms. The van der Waals surface area contributed by atoms with Crippen molar-refractivity contribution in [1.82, 2.24) is 9.80 Å². The number of nitrogens with zero attached hydrogens (tertiary/aromatic N) is 4. The van der Waals surface area contributed by atoms with Crippen LogP contribution in [-0.4, -0.2) is 38.0 Å². The maximum absolute atomic E-state index is 8.59. The van der Waals surface area contributed by atoms with Crippen molar-refractivity contribution in [3.63, 3.8) is 0 Å². The Balaban J connectivity index is 5.00. The highest BCUT2D eigenvalue weighted by molar-refractivity contribution is 5.40. The van der Waals surface area contributed by atoms with Gasteiger partial charge in [-0.25, -0.2) is 0 Å². The lowest BCUT2D eigenvalue weighted by molar-refractivity contribution is 0.486. The molecule has 0 bridgehead atoms. The highest BCUT2D eigenvalue weighted by atomic mass is 15.1. The van der Waals surface area contributed by atoms with Gasteiger partial charge >= 0.3 is 0 Å². The fraction of sp³-hybridized carbons (Fsp3) is 0.400. The second-order valence-corrected chi connectivity index (χ2v) is 3.19. The number of allylic oxidation sites excluding steroid dienone is 2. The SMILES string of the molecule is CN(C)/C=C(/C=C(C#N)C#N)N(C)C. The zero-order valence-electron chi connectivity index (χ0n) is 8.94. The second-order valence-electron chi connectivity index (χ2n) is 3.19. The van der Waals surface area contributed by atoms with Gasteiger partial charge in [0.25, 0.3) is 0 Å². The van der Waals surface area contributed by atoms with Crippen LogP contribution in [0, 0.1) is 22.7 Å². The van der Waals surface area contributed by atoms with Gasteiger partial charge in [0.1, 0.15) is 17.7 Å². The molecule has 0 aromatic carbocycles. The molecular formula is C10H14N4. The van der Waals surface area contributed by atoms with Crippen molar-refractivity contribution in [2.75, 3.05) is 28.2 Å². The minimum absolute atomic E-state index is 0.104. The van der Waals surface area contributed by atoms with Gasteiger partial charge in [0.05, 0.1) is 5.70 Å². The zero-order chi connectivity index (χ0) is 11.1. The van der Waals surface area contributed by atoms with E-state index in [4.69, 9.17) is 10.5 Å². The Morgan fingerprint density at radius 1 is 1.07 bits per heavy atom. The summed E-state index contributed by atoms with van der Waals surface area (Å²) in [6.45, 7) is 0. The highest BCUT2D eigenvalue weighted by Crippen LogP contribution is 2.05. The highest BCUT2D eigenvalue weighted by Gasteiger charge is 1.99. The first-order valence-corrected chi connectivity index (χ1v) is 4.08. The summed E-state index contributed by atoms with van der Waals surface area (Å²) in [7, 11) is 7.49. The molecule has 0 aliphatic heterocycles. The van der Waals surface area contributed by atoms with E-state index in [0.29, 0.717) is 0 Å². The van der Waals surface area contributed by atoms with Gasteiger partial charge in [-0.2, -0.15) is 10.5 Å². The molecule has 0 saturated heterocycles. The largest absolute Gasteiger partial charge is 0.382 e. The molecule has 74 valence electrons. The Labute approximate surface area is 84.9 Å². The molecule has 0 aliphatic carbocycles. The quantitative estimate of drug-likeness (QED) is 0.490. The summed E-state index contributed by atoms with van der Waals surface area (Å²) in [6.07, 6.45) is 3.40. The molecule has 0 fully saturated rings. The predicted octanol–water partition coefficient (Wildman–Crippen LogP) is 0.925. The van der Waals surface area contributed by atoms with Crippen LogP contribution in [0.5, 0.6) is 0 Å². The molecule has 0 spiro atoms. The lowest BCUT2D eigenvalue weighted by atomic mass is 10.2. The normalized spacial score (nSPS) is 9.71. The summed E-state index contributed by atoms with van der Waals surface area (Å²) < 4.78 is 0. The van der Waals surface area contributed by atoms with Crippen LogP contribution < -0.4 is 0 Å². The lowest BCUT2D eigenvalue weighted by Gasteiger charge is -2.16. The van der Waals surface area contributed by atoms with Crippen molar-refractivity contribution in [2.24, 2.45) is 0 Å². The van der Waals surface area contributed by atoms with Gasteiger partial charge in [-0.1, -0.05) is 0 Å². The van der Waals surface area contributed by atoms with E-state index in [9.17, 15) is 0 Å². The molecule has 0 aliphatic rings. The van der Waals surface area contributed by atoms with Crippen molar-refractivity contribution in [3.05, 3.63) is 23.5 Å². The van der Waals surface area contributed by atoms with Crippen molar-refractivity contribution < 1.29 is 0 Å². The number of rotatable bonds is 3. The van der Waals surface area contributed by atoms with Gasteiger partial charge in [-0.05, 0) is 6.08 Å². The van der Waals surface area contributed by atoms with Crippen LogP contribution in [0.25, 0.3) is 0 Å². The standard InChI is InChI=1S/C10H14N4/c1-13(2)8-10(14(3)4)5-9(6-11)7-12/h5,8H,1-4H3/b10-8-. The average Bonchev–Trinajstić information content (AvgIpc) is 2.11. The van der Waals surface area contributed by atoms with Crippen LogP contribution in [0.15, 0.2) is 23.5 Å². The van der Waals surface area contributed by atoms with Gasteiger partial charge in [0.15, 0.2) is 0 Å². The average molecular weight is 190 g/mol. The molecule has 0 unspecified atom stereocenters. The van der Waals surface area contributed by atoms with Crippen LogP contribution >= 0.6 is 0 Å². The molecule has 0 aromatic rings. The topological polar surface area (TPSA) is 54.1 Å². The number of nitriles is 2. The minimum atomic E-state index is 0.104. The summed E-state index contributed by atoms with van der Waals surface area (Å²) in [5.41, 5.74) is 0.917. The summed E-state index contributed by atoms with van der Waals surface area (Å²) in [4.78, 5) is 3.70. The molecule has 0 aromatic heterocycles. The molecular weight excluding hydrogens is 176 g/mol. The Morgan fingerprint density at radius 3 is 1.86 bits per heavy atom. The van der Waals surface area contributed by atoms with Crippen LogP contribution in [0.2, 0.25) is 0 Å². The van der Waals surface area contributed by atoms with E-state index in [2.05, 4.69) is 0 Å². The van der Waals surface area contributed by atoms with E-state index in [1.807, 2.05) is 56.3 Å². The maximum Gasteiger partial charge on any atom is 0.131 e. The van der Waals surface area contributed by atoms with Gasteiger partial charge < -0.3 is 9.80 Å². The maximum atomic E-state index is 8.59. The van der Waals surface area contributed by atoms with E-state index in [-0.39, 0.29) is 5.57 Å². The van der Waals surface area contributed by atoms with Crippen molar-refractivity contribution in [2.45, 2.75) is 0 Å². The fourth-order valence-corrected chi connectivity index (χ4v) is 0.784. The van der Waals surface area contributed by atoms with E-state index >= 15 is 0 Å². The first kappa shape index (κ1) is 12.1. The van der Waals surface area contributed by atoms with Crippen LogP contribution in [0.4, 0.5) is 0 Å². The smallest absolute Gasteiger partial charge is 0.131 e. The number of likely N-dealkylation sites (N-methyl/N-ethyl adjacent to an activating group) is 1. The van der Waals surface area contributed by atoms with Gasteiger partial charge in [0, 0.05) is 34.4 Å². The van der Waals surface area contributed by atoms with E-state index < -0.39 is 0 Å². The van der Waals surface area contributed by atoms with Gasteiger partial charge in [0.2, 0.25) is 0 Å². The Bertz CT molecular complexity index is 307. The Kier molecular flexibility index (Phi) is 4.88. The van der Waals surface area contributed by atoms with E-state index in [1.54, 1.807) is 6.08 Å². The molecule has 0 amide bonds. The predicted molar refractivity (Wildman–Crippen MR) is 54.8 cm³/mol. The van der Waals surface area contributed by atoms with E-state index in [1.165, 1.54) is 0 Å². The second kappa shape index (κ2) is 5.66. The summed E-state index contributed by atoms with van der Waals surface area (Å²) in [5, 5.41) is 17.2. The zero-order valence-corrected chi connectivity index (χ0v) is 8.94. The molecule has 0 rings (SSSR count). The molecule has 0 radical (unpaired) electrons. The molecule has 0 saturated carbocycles.